The minimum Gasteiger partial charge on any atom is -0.492 e. The van der Waals surface area contributed by atoms with Gasteiger partial charge in [0.1, 0.15) is 12.4 Å². The van der Waals surface area contributed by atoms with Crippen LogP contribution in [0.5, 0.6) is 5.75 Å². The summed E-state index contributed by atoms with van der Waals surface area (Å²) in [4.78, 5) is 0. The number of benzene rings is 1. The molecule has 1 rings (SSSR count). The third-order valence-electron chi connectivity index (χ3n) is 1.97. The zero-order valence-corrected chi connectivity index (χ0v) is 9.37. The molecule has 0 amide bonds. The molecule has 14 heavy (non-hydrogen) atoms. The highest BCUT2D eigenvalue weighted by atomic mass is 32.1. The second-order valence-corrected chi connectivity index (χ2v) is 4.42. The van der Waals surface area contributed by atoms with Gasteiger partial charge in [0, 0.05) is 0 Å². The molecule has 0 radical (unpaired) electrons. The lowest BCUT2D eigenvalue weighted by molar-refractivity contribution is 0.0630. The fraction of sp³-hybridized carbons (Fsp3) is 0.455. The number of para-hydroxylation sites is 1. The van der Waals surface area contributed by atoms with Gasteiger partial charge in [0.05, 0.1) is 10.9 Å². The number of thiol groups is 1. The Morgan fingerprint density at radius 2 is 1.93 bits per heavy atom. The van der Waals surface area contributed by atoms with Crippen molar-refractivity contribution in [3.63, 3.8) is 0 Å². The molecule has 0 spiro atoms. The van der Waals surface area contributed by atoms with Crippen LogP contribution in [0.3, 0.4) is 0 Å². The highest BCUT2D eigenvalue weighted by Crippen LogP contribution is 2.17. The van der Waals surface area contributed by atoms with Crippen molar-refractivity contribution in [3.8, 4) is 5.75 Å². The van der Waals surface area contributed by atoms with Crippen LogP contribution in [0.15, 0.2) is 30.3 Å². The summed E-state index contributed by atoms with van der Waals surface area (Å²) in [6, 6.07) is 9.51. The van der Waals surface area contributed by atoms with Crippen LogP contribution in [0, 0.1) is 0 Å². The lowest BCUT2D eigenvalue weighted by atomic mass is 10.1. The topological polar surface area (TPSA) is 29.5 Å². The molecule has 0 aliphatic heterocycles. The number of hydrogen-bond acceptors (Lipinski definition) is 3. The standard InChI is InChI=1S/C11H16O2S/c1-11(2,12)10(14)8-13-9-6-4-3-5-7-9/h3-7,10,12,14H,8H2,1-2H3. The molecule has 0 aromatic heterocycles. The van der Waals surface area contributed by atoms with Crippen molar-refractivity contribution in [3.05, 3.63) is 30.3 Å². The summed E-state index contributed by atoms with van der Waals surface area (Å²) >= 11 is 4.27. The molecule has 0 saturated heterocycles. The third-order valence-corrected chi connectivity index (χ3v) is 2.75. The molecule has 1 N–H and O–H groups in total. The van der Waals surface area contributed by atoms with E-state index in [4.69, 9.17) is 4.74 Å². The first kappa shape index (κ1) is 11.4. The van der Waals surface area contributed by atoms with Gasteiger partial charge in [-0.2, -0.15) is 12.6 Å². The zero-order chi connectivity index (χ0) is 10.6. The first-order chi connectivity index (χ1) is 6.50. The lowest BCUT2D eigenvalue weighted by Gasteiger charge is -2.24. The van der Waals surface area contributed by atoms with Gasteiger partial charge in [-0.3, -0.25) is 0 Å². The summed E-state index contributed by atoms with van der Waals surface area (Å²) in [5.41, 5.74) is -0.822. The number of rotatable bonds is 4. The summed E-state index contributed by atoms with van der Waals surface area (Å²) in [6.45, 7) is 3.84. The van der Waals surface area contributed by atoms with Gasteiger partial charge in [-0.1, -0.05) is 18.2 Å². The SMILES string of the molecule is CC(C)(O)C(S)COc1ccccc1. The summed E-state index contributed by atoms with van der Waals surface area (Å²) in [5, 5.41) is 9.42. The van der Waals surface area contributed by atoms with Gasteiger partial charge in [-0.05, 0) is 26.0 Å². The second-order valence-electron chi connectivity index (χ2n) is 3.79. The molecule has 1 atom stereocenters. The average molecular weight is 212 g/mol. The van der Waals surface area contributed by atoms with E-state index in [9.17, 15) is 5.11 Å². The minimum absolute atomic E-state index is 0.192. The van der Waals surface area contributed by atoms with Crippen molar-refractivity contribution in [1.29, 1.82) is 0 Å². The highest BCUT2D eigenvalue weighted by molar-refractivity contribution is 7.81. The van der Waals surface area contributed by atoms with Gasteiger partial charge >= 0.3 is 0 Å². The molecule has 0 fully saturated rings. The second kappa shape index (κ2) is 4.71. The molecule has 3 heteroatoms. The van der Waals surface area contributed by atoms with Crippen LogP contribution in [0.1, 0.15) is 13.8 Å². The Bertz CT molecular complexity index is 266. The fourth-order valence-electron chi connectivity index (χ4n) is 0.896. The van der Waals surface area contributed by atoms with Crippen molar-refractivity contribution in [2.45, 2.75) is 24.7 Å². The maximum atomic E-state index is 9.61. The van der Waals surface area contributed by atoms with Crippen LogP contribution in [0.2, 0.25) is 0 Å². The van der Waals surface area contributed by atoms with Crippen LogP contribution in [0.25, 0.3) is 0 Å². The van der Waals surface area contributed by atoms with Crippen LogP contribution in [-0.2, 0) is 0 Å². The molecular formula is C11H16O2S. The maximum absolute atomic E-state index is 9.61. The summed E-state index contributed by atoms with van der Waals surface area (Å²) in [6.07, 6.45) is 0. The Hall–Kier alpha value is -0.670. The Balaban J connectivity index is 2.42. The lowest BCUT2D eigenvalue weighted by Crippen LogP contribution is -2.36. The van der Waals surface area contributed by atoms with Crippen LogP contribution < -0.4 is 4.74 Å². The van der Waals surface area contributed by atoms with E-state index < -0.39 is 5.60 Å². The monoisotopic (exact) mass is 212 g/mol. The molecule has 1 aromatic rings. The van der Waals surface area contributed by atoms with E-state index in [2.05, 4.69) is 12.6 Å². The molecule has 2 nitrogen and oxygen atoms in total. The van der Waals surface area contributed by atoms with Crippen molar-refractivity contribution in [2.75, 3.05) is 6.61 Å². The maximum Gasteiger partial charge on any atom is 0.119 e. The van der Waals surface area contributed by atoms with Crippen molar-refractivity contribution >= 4 is 12.6 Å². The van der Waals surface area contributed by atoms with E-state index in [1.807, 2.05) is 30.3 Å². The molecule has 0 saturated carbocycles. The molecule has 0 aliphatic rings. The fourth-order valence-corrected chi connectivity index (χ4v) is 0.970. The van der Waals surface area contributed by atoms with E-state index in [-0.39, 0.29) is 5.25 Å². The molecule has 0 bridgehead atoms. The molecule has 1 unspecified atom stereocenters. The Morgan fingerprint density at radius 1 is 1.36 bits per heavy atom. The van der Waals surface area contributed by atoms with Gasteiger partial charge in [0.2, 0.25) is 0 Å². The van der Waals surface area contributed by atoms with E-state index in [1.165, 1.54) is 0 Å². The first-order valence-corrected chi connectivity index (χ1v) is 5.10. The highest BCUT2D eigenvalue weighted by Gasteiger charge is 2.23. The summed E-state index contributed by atoms with van der Waals surface area (Å²) in [5.74, 6) is 0.802. The van der Waals surface area contributed by atoms with E-state index in [1.54, 1.807) is 13.8 Å². The average Bonchev–Trinajstić information content (AvgIpc) is 2.14. The number of aliphatic hydroxyl groups is 1. The number of ether oxygens (including phenoxy) is 1. The van der Waals surface area contributed by atoms with Gasteiger partial charge < -0.3 is 9.84 Å². The van der Waals surface area contributed by atoms with E-state index in [0.29, 0.717) is 6.61 Å². The molecule has 0 aliphatic carbocycles. The van der Waals surface area contributed by atoms with Crippen molar-refractivity contribution in [2.24, 2.45) is 0 Å². The van der Waals surface area contributed by atoms with Gasteiger partial charge in [-0.25, -0.2) is 0 Å². The molecular weight excluding hydrogens is 196 g/mol. The van der Waals surface area contributed by atoms with Crippen molar-refractivity contribution in [1.82, 2.24) is 0 Å². The molecule has 78 valence electrons. The Morgan fingerprint density at radius 3 is 2.43 bits per heavy atom. The van der Waals surface area contributed by atoms with E-state index >= 15 is 0 Å². The largest absolute Gasteiger partial charge is 0.492 e. The van der Waals surface area contributed by atoms with Gasteiger partial charge in [0.25, 0.3) is 0 Å². The minimum atomic E-state index is -0.822. The number of hydrogen-bond donors (Lipinski definition) is 2. The van der Waals surface area contributed by atoms with Gasteiger partial charge in [0.15, 0.2) is 0 Å². The smallest absolute Gasteiger partial charge is 0.119 e. The third kappa shape index (κ3) is 3.60. The molecule has 0 heterocycles. The Labute approximate surface area is 90.3 Å². The zero-order valence-electron chi connectivity index (χ0n) is 8.47. The quantitative estimate of drug-likeness (QED) is 0.749. The summed E-state index contributed by atoms with van der Waals surface area (Å²) < 4.78 is 5.46. The predicted molar refractivity (Wildman–Crippen MR) is 61.0 cm³/mol. The Kier molecular flexibility index (Phi) is 3.84. The first-order valence-electron chi connectivity index (χ1n) is 4.58. The van der Waals surface area contributed by atoms with E-state index in [0.717, 1.165) is 5.75 Å². The van der Waals surface area contributed by atoms with Gasteiger partial charge in [-0.15, -0.1) is 0 Å². The van der Waals surface area contributed by atoms with Crippen LogP contribution in [0.4, 0.5) is 0 Å². The van der Waals surface area contributed by atoms with Crippen LogP contribution >= 0.6 is 12.6 Å². The van der Waals surface area contributed by atoms with Crippen molar-refractivity contribution < 1.29 is 9.84 Å². The van der Waals surface area contributed by atoms with Crippen LogP contribution in [-0.4, -0.2) is 22.6 Å². The predicted octanol–water partition coefficient (Wildman–Crippen LogP) is 2.13. The normalized spacial score (nSPS) is 13.7. The summed E-state index contributed by atoms with van der Waals surface area (Å²) in [7, 11) is 0. The molecule has 1 aromatic carbocycles.